The predicted molar refractivity (Wildman–Crippen MR) is 174 cm³/mol. The zero-order chi connectivity index (χ0) is 28.9. The van der Waals surface area contributed by atoms with E-state index in [9.17, 15) is 9.59 Å². The van der Waals surface area contributed by atoms with Crippen molar-refractivity contribution in [2.24, 2.45) is 22.7 Å². The van der Waals surface area contributed by atoms with Crippen LogP contribution in [0.4, 0.5) is 0 Å². The van der Waals surface area contributed by atoms with Gasteiger partial charge in [0.2, 0.25) is 5.91 Å². The SMILES string of the molecule is CC(C)(CCOCCOCCC(C)(C)CCN1C(=S)C=C2SCCC2C1=S)CCN1C(=O)C=C2SCCC2C1=O. The Morgan fingerprint density at radius 2 is 1.30 bits per heavy atom. The maximum atomic E-state index is 12.7. The first-order chi connectivity index (χ1) is 19.0. The summed E-state index contributed by atoms with van der Waals surface area (Å²) in [5, 5.41) is 0. The Kier molecular flexibility index (Phi) is 11.4. The van der Waals surface area contributed by atoms with Crippen LogP contribution in [0.5, 0.6) is 0 Å². The van der Waals surface area contributed by atoms with Gasteiger partial charge in [-0.25, -0.2) is 0 Å². The van der Waals surface area contributed by atoms with E-state index in [2.05, 4.69) is 38.7 Å². The van der Waals surface area contributed by atoms with Crippen molar-refractivity contribution >= 4 is 69.8 Å². The molecular formula is C30H44N2O4S4. The van der Waals surface area contributed by atoms with Crippen LogP contribution in [0.15, 0.2) is 22.0 Å². The monoisotopic (exact) mass is 624 g/mol. The highest BCUT2D eigenvalue weighted by molar-refractivity contribution is 8.03. The van der Waals surface area contributed by atoms with E-state index in [4.69, 9.17) is 33.9 Å². The van der Waals surface area contributed by atoms with Gasteiger partial charge >= 0.3 is 0 Å². The molecule has 4 heterocycles. The first-order valence-electron chi connectivity index (χ1n) is 14.5. The van der Waals surface area contributed by atoms with Crippen molar-refractivity contribution in [1.82, 2.24) is 9.80 Å². The molecule has 6 nitrogen and oxygen atoms in total. The van der Waals surface area contributed by atoms with E-state index in [-0.39, 0.29) is 28.6 Å². The van der Waals surface area contributed by atoms with Crippen molar-refractivity contribution in [3.8, 4) is 0 Å². The highest BCUT2D eigenvalue weighted by Gasteiger charge is 2.39. The normalized spacial score (nSPS) is 23.5. The van der Waals surface area contributed by atoms with Crippen LogP contribution in [0.25, 0.3) is 0 Å². The Hall–Kier alpha value is -0.780. The predicted octanol–water partition coefficient (Wildman–Crippen LogP) is 6.25. The lowest BCUT2D eigenvalue weighted by Gasteiger charge is -2.35. The van der Waals surface area contributed by atoms with Crippen molar-refractivity contribution in [2.45, 2.75) is 66.2 Å². The zero-order valence-corrected chi connectivity index (χ0v) is 27.6. The molecule has 10 heteroatoms. The molecule has 0 aromatic heterocycles. The molecule has 0 radical (unpaired) electrons. The summed E-state index contributed by atoms with van der Waals surface area (Å²) in [5.74, 6) is 2.19. The summed E-state index contributed by atoms with van der Waals surface area (Å²) in [6.07, 6.45) is 9.42. The fourth-order valence-electron chi connectivity index (χ4n) is 5.38. The zero-order valence-electron chi connectivity index (χ0n) is 24.4. The third kappa shape index (κ3) is 8.40. The van der Waals surface area contributed by atoms with Crippen molar-refractivity contribution in [3.05, 3.63) is 22.0 Å². The van der Waals surface area contributed by atoms with Gasteiger partial charge < -0.3 is 14.4 Å². The smallest absolute Gasteiger partial charge is 0.253 e. The number of nitrogens with zero attached hydrogens (tertiary/aromatic N) is 2. The number of imide groups is 1. The number of amides is 2. The second kappa shape index (κ2) is 14.1. The second-order valence-electron chi connectivity index (χ2n) is 12.7. The van der Waals surface area contributed by atoms with Gasteiger partial charge in [-0.3, -0.25) is 14.5 Å². The van der Waals surface area contributed by atoms with E-state index in [1.165, 1.54) is 9.81 Å². The minimum atomic E-state index is -0.157. The van der Waals surface area contributed by atoms with Gasteiger partial charge in [-0.1, -0.05) is 52.1 Å². The molecule has 4 aliphatic heterocycles. The highest BCUT2D eigenvalue weighted by Crippen LogP contribution is 2.42. The molecule has 0 aromatic rings. The summed E-state index contributed by atoms with van der Waals surface area (Å²) in [5.41, 5.74) is 0.114. The second-order valence-corrected chi connectivity index (χ2v) is 15.9. The van der Waals surface area contributed by atoms with E-state index >= 15 is 0 Å². The Labute approximate surface area is 259 Å². The standard InChI is InChI=1S/C30H44N2O4S4/c1-29(2,7-11-31-25(33)19-23-21(27(31)34)5-17-39-23)9-13-35-15-16-36-14-10-30(3,4)8-12-32-26(37)20-24-22(28(32)38)6-18-40-24/h19-22H,5-18H2,1-4H3. The van der Waals surface area contributed by atoms with E-state index in [1.807, 2.05) is 11.8 Å². The van der Waals surface area contributed by atoms with Crippen LogP contribution in [0.2, 0.25) is 0 Å². The number of carbonyl (C=O) groups is 2. The molecule has 0 saturated carbocycles. The van der Waals surface area contributed by atoms with Crippen LogP contribution in [0.1, 0.15) is 66.2 Å². The number of thiocarbonyl (C=S) groups is 2. The summed E-state index contributed by atoms with van der Waals surface area (Å²) in [7, 11) is 0. The molecule has 222 valence electrons. The Bertz CT molecular complexity index is 972. The molecule has 0 bridgehead atoms. The molecular weight excluding hydrogens is 581 g/mol. The number of fused-ring (bicyclic) bond motifs is 2. The molecule has 0 aromatic carbocycles. The average Bonchev–Trinajstić information content (AvgIpc) is 3.55. The Morgan fingerprint density at radius 1 is 0.775 bits per heavy atom. The molecule has 0 aliphatic carbocycles. The van der Waals surface area contributed by atoms with Gasteiger partial charge in [0.05, 0.1) is 24.1 Å². The lowest BCUT2D eigenvalue weighted by molar-refractivity contribution is -0.145. The number of hydrogen-bond donors (Lipinski definition) is 0. The Morgan fingerprint density at radius 3 is 1.90 bits per heavy atom. The summed E-state index contributed by atoms with van der Waals surface area (Å²) < 4.78 is 11.7. The minimum Gasteiger partial charge on any atom is -0.379 e. The lowest BCUT2D eigenvalue weighted by Crippen LogP contribution is -2.44. The summed E-state index contributed by atoms with van der Waals surface area (Å²) in [6, 6.07) is 0. The molecule has 2 atom stereocenters. The molecule has 4 aliphatic rings. The van der Waals surface area contributed by atoms with E-state index in [0.717, 1.165) is 71.5 Å². The van der Waals surface area contributed by atoms with Crippen molar-refractivity contribution < 1.29 is 19.1 Å². The van der Waals surface area contributed by atoms with Crippen LogP contribution >= 0.6 is 48.0 Å². The average molecular weight is 625 g/mol. The van der Waals surface area contributed by atoms with Gasteiger partial charge in [0.15, 0.2) is 0 Å². The third-order valence-electron chi connectivity index (χ3n) is 8.47. The van der Waals surface area contributed by atoms with Crippen LogP contribution in [0, 0.1) is 22.7 Å². The van der Waals surface area contributed by atoms with Crippen LogP contribution in [-0.2, 0) is 19.1 Å². The molecule has 2 unspecified atom stereocenters. The number of ether oxygens (including phenoxy) is 2. The fourth-order valence-corrected chi connectivity index (χ4v) is 8.75. The topological polar surface area (TPSA) is 59.1 Å². The van der Waals surface area contributed by atoms with Gasteiger partial charge in [-0.15, -0.1) is 23.5 Å². The summed E-state index contributed by atoms with van der Waals surface area (Å²) in [4.78, 5) is 33.0. The molecule has 4 rings (SSSR count). The maximum absolute atomic E-state index is 12.7. The van der Waals surface area contributed by atoms with Crippen molar-refractivity contribution in [3.63, 3.8) is 0 Å². The number of carbonyl (C=O) groups excluding carboxylic acids is 2. The lowest BCUT2D eigenvalue weighted by atomic mass is 9.85. The van der Waals surface area contributed by atoms with Gasteiger partial charge in [0.1, 0.15) is 4.99 Å². The first kappa shape index (κ1) is 32.1. The highest BCUT2D eigenvalue weighted by atomic mass is 32.2. The summed E-state index contributed by atoms with van der Waals surface area (Å²) in [6.45, 7) is 12.7. The first-order valence-corrected chi connectivity index (χ1v) is 17.3. The Balaban J connectivity index is 1.05. The van der Waals surface area contributed by atoms with Crippen LogP contribution in [-0.4, -0.2) is 82.6 Å². The number of hydrogen-bond acceptors (Lipinski definition) is 8. The van der Waals surface area contributed by atoms with Gasteiger partial charge in [-0.2, -0.15) is 0 Å². The molecule has 40 heavy (non-hydrogen) atoms. The molecule has 0 N–H and O–H groups in total. The van der Waals surface area contributed by atoms with Crippen molar-refractivity contribution in [1.29, 1.82) is 0 Å². The van der Waals surface area contributed by atoms with Crippen LogP contribution in [0.3, 0.4) is 0 Å². The quantitative estimate of drug-likeness (QED) is 0.120. The van der Waals surface area contributed by atoms with Gasteiger partial charge in [0.25, 0.3) is 5.91 Å². The van der Waals surface area contributed by atoms with E-state index < -0.39 is 0 Å². The number of rotatable bonds is 15. The van der Waals surface area contributed by atoms with E-state index in [1.54, 1.807) is 17.8 Å². The maximum Gasteiger partial charge on any atom is 0.253 e. The third-order valence-corrected chi connectivity index (χ3v) is 11.7. The van der Waals surface area contributed by atoms with Crippen LogP contribution < -0.4 is 0 Å². The van der Waals surface area contributed by atoms with Gasteiger partial charge in [-0.05, 0) is 71.8 Å². The number of thioether (sulfide) groups is 2. The molecule has 2 fully saturated rings. The molecule has 2 amide bonds. The van der Waals surface area contributed by atoms with Crippen molar-refractivity contribution in [2.75, 3.05) is 51.0 Å². The molecule has 0 spiro atoms. The molecule has 2 saturated heterocycles. The van der Waals surface area contributed by atoms with Gasteiger partial charge in [0, 0.05) is 43.2 Å². The minimum absolute atomic E-state index is 0.0164. The fraction of sp³-hybridized carbons (Fsp3) is 0.733. The summed E-state index contributed by atoms with van der Waals surface area (Å²) >= 11 is 15.0. The van der Waals surface area contributed by atoms with E-state index in [0.29, 0.717) is 38.9 Å². The largest absolute Gasteiger partial charge is 0.379 e.